The fraction of sp³-hybridized carbons (Fsp3) is 0.393. The van der Waals surface area contributed by atoms with Gasteiger partial charge in [-0.1, -0.05) is 84.0 Å². The van der Waals surface area contributed by atoms with Gasteiger partial charge in [0.1, 0.15) is 5.60 Å². The van der Waals surface area contributed by atoms with Crippen molar-refractivity contribution in [2.45, 2.75) is 64.6 Å². The molecule has 188 valence electrons. The van der Waals surface area contributed by atoms with Crippen LogP contribution in [0.15, 0.2) is 84.0 Å². The molecule has 35 heavy (non-hydrogen) atoms. The molecule has 2 aromatic rings. The number of hydrogen-bond acceptors (Lipinski definition) is 4. The van der Waals surface area contributed by atoms with Crippen molar-refractivity contribution in [1.82, 2.24) is 10.0 Å². The van der Waals surface area contributed by atoms with E-state index in [0.29, 0.717) is 6.42 Å². The molecule has 0 radical (unpaired) electrons. The first-order valence-electron chi connectivity index (χ1n) is 12.0. The van der Waals surface area contributed by atoms with Crippen molar-refractivity contribution in [3.05, 3.63) is 95.1 Å². The standard InChI is InChI=1S/C28H36N2O4S/c1-21-15-17-22(18-16-21)19-20-35(32,33)30-26(24-13-9-6-10-14-24)25(23-11-7-5-8-12-23)29-27(31)34-28(2,3)4/h5-15,18,25-26,30H,16-17,19-20H2,1-4H3,(H,29,31)/t25-,26-/m1/s1. The lowest BCUT2D eigenvalue weighted by molar-refractivity contribution is 0.0493. The van der Waals surface area contributed by atoms with Gasteiger partial charge in [-0.3, -0.25) is 0 Å². The summed E-state index contributed by atoms with van der Waals surface area (Å²) in [6.45, 7) is 7.45. The van der Waals surface area contributed by atoms with Gasteiger partial charge in [0.15, 0.2) is 0 Å². The van der Waals surface area contributed by atoms with Gasteiger partial charge in [-0.15, -0.1) is 0 Å². The van der Waals surface area contributed by atoms with Crippen molar-refractivity contribution >= 4 is 16.1 Å². The first-order valence-corrected chi connectivity index (χ1v) is 13.6. The van der Waals surface area contributed by atoms with Gasteiger partial charge in [0.2, 0.25) is 10.0 Å². The maximum atomic E-state index is 13.3. The molecular formula is C28H36N2O4S. The second-order valence-electron chi connectivity index (χ2n) is 9.93. The van der Waals surface area contributed by atoms with Gasteiger partial charge < -0.3 is 10.1 Å². The third kappa shape index (κ3) is 8.67. The summed E-state index contributed by atoms with van der Waals surface area (Å²) in [4.78, 5) is 12.8. The lowest BCUT2D eigenvalue weighted by Gasteiger charge is -2.31. The topological polar surface area (TPSA) is 84.5 Å². The van der Waals surface area contributed by atoms with Gasteiger partial charge >= 0.3 is 6.09 Å². The second kappa shape index (κ2) is 11.7. The van der Waals surface area contributed by atoms with E-state index in [1.807, 2.05) is 60.7 Å². The Morgan fingerprint density at radius 3 is 2.00 bits per heavy atom. The summed E-state index contributed by atoms with van der Waals surface area (Å²) in [6, 6.07) is 17.2. The zero-order valence-electron chi connectivity index (χ0n) is 21.0. The molecular weight excluding hydrogens is 460 g/mol. The van der Waals surface area contributed by atoms with Gasteiger partial charge in [-0.2, -0.15) is 0 Å². The highest BCUT2D eigenvalue weighted by atomic mass is 32.2. The van der Waals surface area contributed by atoms with E-state index in [1.54, 1.807) is 20.8 Å². The van der Waals surface area contributed by atoms with Crippen LogP contribution in [0, 0.1) is 0 Å². The van der Waals surface area contributed by atoms with E-state index >= 15 is 0 Å². The van der Waals surface area contributed by atoms with Crippen LogP contribution in [0.3, 0.4) is 0 Å². The maximum absolute atomic E-state index is 13.3. The summed E-state index contributed by atoms with van der Waals surface area (Å²) < 4.78 is 34.9. The molecule has 2 atom stereocenters. The molecule has 2 aromatic carbocycles. The Balaban J connectivity index is 1.88. The molecule has 0 heterocycles. The van der Waals surface area contributed by atoms with E-state index in [0.717, 1.165) is 29.5 Å². The Hall–Kier alpha value is -2.90. The molecule has 6 nitrogen and oxygen atoms in total. The molecule has 1 aliphatic carbocycles. The van der Waals surface area contributed by atoms with E-state index in [4.69, 9.17) is 4.74 Å². The second-order valence-corrected chi connectivity index (χ2v) is 11.8. The summed E-state index contributed by atoms with van der Waals surface area (Å²) in [5.41, 5.74) is 3.26. The van der Waals surface area contributed by atoms with Crippen molar-refractivity contribution in [3.8, 4) is 0 Å². The molecule has 0 fully saturated rings. The summed E-state index contributed by atoms with van der Waals surface area (Å²) in [6.07, 6.45) is 5.79. The highest BCUT2D eigenvalue weighted by Crippen LogP contribution is 2.31. The Morgan fingerprint density at radius 1 is 0.914 bits per heavy atom. The van der Waals surface area contributed by atoms with Crippen LogP contribution in [0.2, 0.25) is 0 Å². The van der Waals surface area contributed by atoms with Crippen LogP contribution in [0.1, 0.15) is 70.2 Å². The Morgan fingerprint density at radius 2 is 1.49 bits per heavy atom. The van der Waals surface area contributed by atoms with Gasteiger partial charge in [0.25, 0.3) is 0 Å². The fourth-order valence-electron chi connectivity index (χ4n) is 3.94. The number of carbonyl (C=O) groups is 1. The van der Waals surface area contributed by atoms with Crippen LogP contribution in [-0.4, -0.2) is 25.9 Å². The van der Waals surface area contributed by atoms with Crippen molar-refractivity contribution in [3.63, 3.8) is 0 Å². The average Bonchev–Trinajstić information content (AvgIpc) is 2.81. The zero-order chi connectivity index (χ0) is 25.5. The lowest BCUT2D eigenvalue weighted by atomic mass is 9.94. The van der Waals surface area contributed by atoms with Gasteiger partial charge in [0.05, 0.1) is 17.8 Å². The van der Waals surface area contributed by atoms with Crippen molar-refractivity contribution < 1.29 is 17.9 Å². The third-order valence-electron chi connectivity index (χ3n) is 5.75. The number of amides is 1. The van der Waals surface area contributed by atoms with Crippen LogP contribution < -0.4 is 10.0 Å². The summed E-state index contributed by atoms with van der Waals surface area (Å²) in [7, 11) is -3.67. The Bertz CT molecular complexity index is 1150. The number of alkyl carbamates (subject to hydrolysis) is 1. The highest BCUT2D eigenvalue weighted by molar-refractivity contribution is 7.89. The summed E-state index contributed by atoms with van der Waals surface area (Å²) in [5, 5.41) is 2.91. The molecule has 0 bridgehead atoms. The first kappa shape index (κ1) is 26.7. The van der Waals surface area contributed by atoms with Crippen LogP contribution >= 0.6 is 0 Å². The lowest BCUT2D eigenvalue weighted by Crippen LogP contribution is -2.43. The average molecular weight is 497 g/mol. The van der Waals surface area contributed by atoms with Crippen LogP contribution in [0.4, 0.5) is 4.79 Å². The Labute approximate surface area is 209 Å². The number of nitrogens with one attached hydrogen (secondary N) is 2. The van der Waals surface area contributed by atoms with Crippen molar-refractivity contribution in [2.75, 3.05) is 5.75 Å². The minimum atomic E-state index is -3.67. The van der Waals surface area contributed by atoms with E-state index in [9.17, 15) is 13.2 Å². The number of ether oxygens (including phenoxy) is 1. The molecule has 0 saturated carbocycles. The molecule has 7 heteroatoms. The SMILES string of the molecule is CC1=CCC(CCS(=O)(=O)N[C@H](c2ccccc2)[C@H](NC(=O)OC(C)(C)C)c2ccccc2)=CC1. The fourth-order valence-corrected chi connectivity index (χ4v) is 5.25. The molecule has 0 unspecified atom stereocenters. The molecule has 0 spiro atoms. The predicted octanol–water partition coefficient (Wildman–Crippen LogP) is 5.97. The minimum absolute atomic E-state index is 0.0248. The third-order valence-corrected chi connectivity index (χ3v) is 7.10. The molecule has 0 aromatic heterocycles. The van der Waals surface area contributed by atoms with Crippen molar-refractivity contribution in [2.24, 2.45) is 0 Å². The summed E-state index contributed by atoms with van der Waals surface area (Å²) >= 11 is 0. The quantitative estimate of drug-likeness (QED) is 0.419. The van der Waals surface area contributed by atoms with E-state index in [2.05, 4.69) is 29.1 Å². The number of rotatable bonds is 9. The van der Waals surface area contributed by atoms with E-state index < -0.39 is 33.8 Å². The van der Waals surface area contributed by atoms with E-state index in [-0.39, 0.29) is 5.75 Å². The zero-order valence-corrected chi connectivity index (χ0v) is 21.8. The molecule has 1 aliphatic rings. The van der Waals surface area contributed by atoms with Crippen molar-refractivity contribution in [1.29, 1.82) is 0 Å². The predicted molar refractivity (Wildman–Crippen MR) is 140 cm³/mol. The number of benzene rings is 2. The molecule has 0 aliphatic heterocycles. The molecule has 2 N–H and O–H groups in total. The maximum Gasteiger partial charge on any atom is 0.408 e. The summed E-state index contributed by atoms with van der Waals surface area (Å²) in [5.74, 6) is -0.0248. The van der Waals surface area contributed by atoms with Crippen LogP contribution in [-0.2, 0) is 14.8 Å². The monoisotopic (exact) mass is 496 g/mol. The Kier molecular flexibility index (Phi) is 8.92. The van der Waals surface area contributed by atoms with E-state index in [1.165, 1.54) is 5.57 Å². The van der Waals surface area contributed by atoms with Gasteiger partial charge in [-0.25, -0.2) is 17.9 Å². The minimum Gasteiger partial charge on any atom is -0.444 e. The van der Waals surface area contributed by atoms with Crippen LogP contribution in [0.5, 0.6) is 0 Å². The number of hydrogen-bond donors (Lipinski definition) is 2. The van der Waals surface area contributed by atoms with Crippen LogP contribution in [0.25, 0.3) is 0 Å². The highest BCUT2D eigenvalue weighted by Gasteiger charge is 2.31. The molecule has 3 rings (SSSR count). The molecule has 1 amide bonds. The smallest absolute Gasteiger partial charge is 0.408 e. The number of carbonyl (C=O) groups excluding carboxylic acids is 1. The van der Waals surface area contributed by atoms with Gasteiger partial charge in [0, 0.05) is 0 Å². The molecule has 0 saturated heterocycles. The normalized spacial score (nSPS) is 16.0. The largest absolute Gasteiger partial charge is 0.444 e. The first-order chi connectivity index (χ1) is 16.5. The van der Waals surface area contributed by atoms with Gasteiger partial charge in [-0.05, 0) is 58.1 Å². The number of allylic oxidation sites excluding steroid dienone is 4. The number of sulfonamides is 1.